The lowest BCUT2D eigenvalue weighted by atomic mass is 10.2. The SMILES string of the molecule is COC(=O)OC(C(=O)O)[n+]1ccc(NC(=NCCCCCCOc2ccc(Cl)cc2)NC#N)cc1. The third-order valence-electron chi connectivity index (χ3n) is 4.55. The highest BCUT2D eigenvalue weighted by Gasteiger charge is 2.32. The highest BCUT2D eigenvalue weighted by Crippen LogP contribution is 2.16. The summed E-state index contributed by atoms with van der Waals surface area (Å²) in [5.41, 5.74) is 0.546. The van der Waals surface area contributed by atoms with Crippen molar-refractivity contribution in [3.63, 3.8) is 0 Å². The molecule has 0 radical (unpaired) electrons. The summed E-state index contributed by atoms with van der Waals surface area (Å²) in [5.74, 6) is -0.318. The minimum Gasteiger partial charge on any atom is -0.494 e. The molecule has 2 rings (SSSR count). The molecule has 0 aliphatic carbocycles. The number of ether oxygens (including phenoxy) is 3. The van der Waals surface area contributed by atoms with Gasteiger partial charge >= 0.3 is 18.4 Å². The van der Waals surface area contributed by atoms with Crippen molar-refractivity contribution in [2.45, 2.75) is 31.9 Å². The van der Waals surface area contributed by atoms with E-state index >= 15 is 0 Å². The molecule has 11 nitrogen and oxygen atoms in total. The lowest BCUT2D eigenvalue weighted by Gasteiger charge is -2.10. The number of guanidine groups is 1. The summed E-state index contributed by atoms with van der Waals surface area (Å²) in [4.78, 5) is 27.0. The van der Waals surface area contributed by atoms with Crippen LogP contribution in [0.5, 0.6) is 5.75 Å². The molecule has 0 amide bonds. The molecule has 0 spiro atoms. The third-order valence-corrected chi connectivity index (χ3v) is 4.80. The van der Waals surface area contributed by atoms with Gasteiger partial charge in [0.25, 0.3) is 0 Å². The van der Waals surface area contributed by atoms with Crippen LogP contribution in [-0.4, -0.2) is 43.5 Å². The van der Waals surface area contributed by atoms with E-state index in [1.807, 2.05) is 18.3 Å². The standard InChI is InChI=1S/C23H26ClN5O6/c1-33-23(32)35-20(21(30)31)29-13-10-18(11-14-29)28-22(27-16-25)26-12-4-2-3-5-15-34-19-8-6-17(24)7-9-19/h6-11,13-14,20H,2-5,12,15H2,1H3,(H2,26,27,30,31)/p+1. The van der Waals surface area contributed by atoms with Gasteiger partial charge in [0, 0.05) is 23.7 Å². The van der Waals surface area contributed by atoms with Gasteiger partial charge in [-0.25, -0.2) is 9.59 Å². The van der Waals surface area contributed by atoms with Crippen molar-refractivity contribution in [1.82, 2.24) is 5.32 Å². The predicted molar refractivity (Wildman–Crippen MR) is 127 cm³/mol. The number of methoxy groups -OCH3 is 1. The molecule has 0 saturated heterocycles. The van der Waals surface area contributed by atoms with Crippen molar-refractivity contribution in [1.29, 1.82) is 5.26 Å². The number of unbranched alkanes of at least 4 members (excludes halogenated alkanes) is 3. The average molecular weight is 505 g/mol. The maximum atomic E-state index is 11.4. The van der Waals surface area contributed by atoms with Crippen LogP contribution in [0.1, 0.15) is 31.9 Å². The number of carboxylic acids is 1. The van der Waals surface area contributed by atoms with Crippen molar-refractivity contribution in [2.24, 2.45) is 4.99 Å². The Bertz CT molecular complexity index is 1020. The van der Waals surface area contributed by atoms with Crippen LogP contribution in [0.15, 0.2) is 53.8 Å². The second kappa shape index (κ2) is 15.0. The number of nitrogens with zero attached hydrogens (tertiary/aromatic N) is 3. The molecule has 2 aromatic rings. The number of pyridine rings is 1. The number of rotatable bonds is 12. The Morgan fingerprint density at radius 2 is 1.83 bits per heavy atom. The van der Waals surface area contributed by atoms with Crippen LogP contribution in [0.25, 0.3) is 0 Å². The van der Waals surface area contributed by atoms with Gasteiger partial charge in [0.2, 0.25) is 5.96 Å². The minimum absolute atomic E-state index is 0.261. The summed E-state index contributed by atoms with van der Waals surface area (Å²) >= 11 is 5.85. The lowest BCUT2D eigenvalue weighted by Crippen LogP contribution is -2.46. The number of carbonyl (C=O) groups is 2. The number of aliphatic imine (C=N–C) groups is 1. The molecule has 0 saturated carbocycles. The van der Waals surface area contributed by atoms with Gasteiger partial charge in [-0.2, -0.15) is 9.83 Å². The van der Waals surface area contributed by atoms with Gasteiger partial charge in [-0.05, 0) is 43.5 Å². The molecule has 186 valence electrons. The topological polar surface area (TPSA) is 146 Å². The fourth-order valence-electron chi connectivity index (χ4n) is 2.83. The van der Waals surface area contributed by atoms with Crippen LogP contribution in [-0.2, 0) is 14.3 Å². The van der Waals surface area contributed by atoms with Crippen molar-refractivity contribution in [2.75, 3.05) is 25.6 Å². The molecular weight excluding hydrogens is 478 g/mol. The molecule has 12 heteroatoms. The van der Waals surface area contributed by atoms with Crippen LogP contribution in [0, 0.1) is 11.5 Å². The maximum Gasteiger partial charge on any atom is 0.513 e. The normalized spacial score (nSPS) is 11.6. The second-order valence-corrected chi connectivity index (χ2v) is 7.54. The molecule has 0 aliphatic rings. The Hall–Kier alpha value is -4.04. The summed E-state index contributed by atoms with van der Waals surface area (Å²) in [5, 5.41) is 24.3. The number of aliphatic carboxylic acids is 1. The van der Waals surface area contributed by atoms with Crippen LogP contribution >= 0.6 is 11.6 Å². The lowest BCUT2D eigenvalue weighted by molar-refractivity contribution is -0.743. The van der Waals surface area contributed by atoms with Crippen LogP contribution in [0.3, 0.4) is 0 Å². The summed E-state index contributed by atoms with van der Waals surface area (Å²) in [7, 11) is 1.08. The molecule has 35 heavy (non-hydrogen) atoms. The smallest absolute Gasteiger partial charge is 0.494 e. The molecule has 1 atom stereocenters. The van der Waals surface area contributed by atoms with Gasteiger partial charge in [-0.15, -0.1) is 0 Å². The van der Waals surface area contributed by atoms with E-state index in [1.54, 1.807) is 24.3 Å². The average Bonchev–Trinajstić information content (AvgIpc) is 2.85. The second-order valence-electron chi connectivity index (χ2n) is 7.11. The number of hydrogen-bond acceptors (Lipinski definition) is 7. The first kappa shape index (κ1) is 27.2. The van der Waals surface area contributed by atoms with Gasteiger partial charge in [0.05, 0.1) is 19.4 Å². The molecule has 1 aromatic carbocycles. The van der Waals surface area contributed by atoms with Crippen LogP contribution < -0.4 is 19.9 Å². The number of halogens is 1. The van der Waals surface area contributed by atoms with E-state index in [2.05, 4.69) is 20.4 Å². The Morgan fingerprint density at radius 1 is 1.14 bits per heavy atom. The number of nitrogens with one attached hydrogen (secondary N) is 2. The zero-order valence-electron chi connectivity index (χ0n) is 19.1. The van der Waals surface area contributed by atoms with Gasteiger partial charge in [-0.3, -0.25) is 10.3 Å². The van der Waals surface area contributed by atoms with E-state index < -0.39 is 18.4 Å². The number of hydrogen-bond donors (Lipinski definition) is 3. The largest absolute Gasteiger partial charge is 0.513 e. The van der Waals surface area contributed by atoms with E-state index in [0.29, 0.717) is 23.9 Å². The molecule has 0 fully saturated rings. The fourth-order valence-corrected chi connectivity index (χ4v) is 2.96. The van der Waals surface area contributed by atoms with E-state index in [1.165, 1.54) is 17.0 Å². The van der Waals surface area contributed by atoms with Crippen LogP contribution in [0.4, 0.5) is 10.5 Å². The molecule has 0 aliphatic heterocycles. The maximum absolute atomic E-state index is 11.4. The molecule has 1 aromatic heterocycles. The highest BCUT2D eigenvalue weighted by molar-refractivity contribution is 6.30. The van der Waals surface area contributed by atoms with Gasteiger partial charge < -0.3 is 24.6 Å². The Balaban J connectivity index is 1.77. The first-order chi connectivity index (χ1) is 16.9. The monoisotopic (exact) mass is 504 g/mol. The van der Waals surface area contributed by atoms with Gasteiger partial charge in [0.15, 0.2) is 18.6 Å². The zero-order valence-corrected chi connectivity index (χ0v) is 19.9. The minimum atomic E-state index is -1.58. The van der Waals surface area contributed by atoms with E-state index in [0.717, 1.165) is 38.5 Å². The fraction of sp³-hybridized carbons (Fsp3) is 0.348. The number of carbonyl (C=O) groups excluding carboxylic acids is 1. The Morgan fingerprint density at radius 3 is 2.46 bits per heavy atom. The summed E-state index contributed by atoms with van der Waals surface area (Å²) < 4.78 is 15.9. The van der Waals surface area contributed by atoms with Crippen molar-refractivity contribution >= 4 is 35.4 Å². The van der Waals surface area contributed by atoms with Crippen molar-refractivity contribution in [3.8, 4) is 11.9 Å². The Labute approximate surface area is 207 Å². The third kappa shape index (κ3) is 10.2. The number of nitriles is 1. The highest BCUT2D eigenvalue weighted by atomic mass is 35.5. The molecule has 1 heterocycles. The molecule has 0 bridgehead atoms. The van der Waals surface area contributed by atoms with Gasteiger partial charge in [-0.1, -0.05) is 18.0 Å². The summed E-state index contributed by atoms with van der Waals surface area (Å²) in [6.07, 6.45) is 5.61. The molecule has 3 N–H and O–H groups in total. The number of anilines is 1. The number of aromatic nitrogens is 1. The summed E-state index contributed by atoms with van der Waals surface area (Å²) in [6.45, 7) is 1.13. The quantitative estimate of drug-likeness (QED) is 0.0751. The summed E-state index contributed by atoms with van der Waals surface area (Å²) in [6, 6.07) is 10.3. The molecular formula is C23H27ClN5O6+. The van der Waals surface area contributed by atoms with Crippen molar-refractivity contribution in [3.05, 3.63) is 53.8 Å². The zero-order chi connectivity index (χ0) is 25.5. The first-order valence-electron chi connectivity index (χ1n) is 10.8. The van der Waals surface area contributed by atoms with Crippen LogP contribution in [0.2, 0.25) is 5.02 Å². The van der Waals surface area contributed by atoms with Gasteiger partial charge in [0.1, 0.15) is 5.75 Å². The molecule has 1 unspecified atom stereocenters. The van der Waals surface area contributed by atoms with E-state index in [4.69, 9.17) is 26.3 Å². The van der Waals surface area contributed by atoms with E-state index in [9.17, 15) is 14.7 Å². The number of benzene rings is 1. The van der Waals surface area contributed by atoms with Crippen molar-refractivity contribution < 1.29 is 33.5 Å². The first-order valence-corrected chi connectivity index (χ1v) is 11.1. The van der Waals surface area contributed by atoms with E-state index in [-0.39, 0.29) is 5.96 Å². The predicted octanol–water partition coefficient (Wildman–Crippen LogP) is 3.47. The number of carboxylic acid groups (broad SMARTS) is 1. The Kier molecular flexibility index (Phi) is 11.6.